The Labute approximate surface area is 100 Å². The molecule has 1 N–H and O–H groups in total. The number of benzene rings is 1. The number of carbonyl (C=O) groups is 2. The Kier molecular flexibility index (Phi) is 2.28. The van der Waals surface area contributed by atoms with E-state index in [1.54, 1.807) is 0 Å². The largest absolute Gasteiger partial charge is 0.326 e. The monoisotopic (exact) mass is 229 g/mol. The lowest BCUT2D eigenvalue weighted by molar-refractivity contribution is -0.134. The summed E-state index contributed by atoms with van der Waals surface area (Å²) in [6, 6.07) is 7.82. The second kappa shape index (κ2) is 3.69. The van der Waals surface area contributed by atoms with Crippen LogP contribution in [0.2, 0.25) is 0 Å². The van der Waals surface area contributed by atoms with Crippen LogP contribution in [0.3, 0.4) is 0 Å². The van der Waals surface area contributed by atoms with Crippen LogP contribution in [0.1, 0.15) is 31.2 Å². The van der Waals surface area contributed by atoms with Crippen LogP contribution in [0, 0.1) is 11.8 Å². The first-order valence-corrected chi connectivity index (χ1v) is 6.15. The van der Waals surface area contributed by atoms with E-state index in [1.165, 1.54) is 0 Å². The van der Waals surface area contributed by atoms with Crippen molar-refractivity contribution in [3.05, 3.63) is 29.8 Å². The van der Waals surface area contributed by atoms with E-state index in [0.717, 1.165) is 17.7 Å². The van der Waals surface area contributed by atoms with Crippen molar-refractivity contribution < 1.29 is 9.59 Å². The molecule has 1 amide bonds. The lowest BCUT2D eigenvalue weighted by atomic mass is 9.58. The molecule has 17 heavy (non-hydrogen) atoms. The van der Waals surface area contributed by atoms with Gasteiger partial charge in [0.15, 0.2) is 0 Å². The van der Waals surface area contributed by atoms with Gasteiger partial charge >= 0.3 is 0 Å². The van der Waals surface area contributed by atoms with Crippen molar-refractivity contribution in [2.45, 2.75) is 25.7 Å². The lowest BCUT2D eigenvalue weighted by Crippen LogP contribution is -2.48. The van der Waals surface area contributed by atoms with Gasteiger partial charge in [0.05, 0.1) is 0 Å². The van der Waals surface area contributed by atoms with Crippen molar-refractivity contribution >= 4 is 17.4 Å². The molecular formula is C14H15NO2. The van der Waals surface area contributed by atoms with E-state index >= 15 is 0 Å². The van der Waals surface area contributed by atoms with Crippen LogP contribution < -0.4 is 5.32 Å². The van der Waals surface area contributed by atoms with Crippen LogP contribution in [0.5, 0.6) is 0 Å². The predicted molar refractivity (Wildman–Crippen MR) is 64.7 cm³/mol. The van der Waals surface area contributed by atoms with Crippen molar-refractivity contribution in [3.8, 4) is 0 Å². The lowest BCUT2D eigenvalue weighted by Gasteiger charge is -2.46. The van der Waals surface area contributed by atoms with Crippen LogP contribution in [-0.2, 0) is 9.59 Å². The fourth-order valence-electron chi connectivity index (χ4n) is 3.08. The third-order valence-corrected chi connectivity index (χ3v) is 4.05. The number of nitrogens with one attached hydrogen (secondary N) is 1. The van der Waals surface area contributed by atoms with Gasteiger partial charge in [0.2, 0.25) is 5.91 Å². The van der Waals surface area contributed by atoms with Crippen molar-refractivity contribution in [1.82, 2.24) is 0 Å². The first-order chi connectivity index (χ1) is 8.22. The molecule has 1 aliphatic carbocycles. The summed E-state index contributed by atoms with van der Waals surface area (Å²) in [7, 11) is 0. The van der Waals surface area contributed by atoms with Crippen molar-refractivity contribution in [2.75, 3.05) is 5.32 Å². The zero-order chi connectivity index (χ0) is 12.0. The summed E-state index contributed by atoms with van der Waals surface area (Å²) in [5.74, 6) is 0.541. The molecule has 0 aromatic heterocycles. The average Bonchev–Trinajstić information content (AvgIpc) is 2.29. The number of ketones is 1. The zero-order valence-corrected chi connectivity index (χ0v) is 9.77. The molecule has 1 fully saturated rings. The smallest absolute Gasteiger partial charge is 0.228 e. The standard InChI is InChI=1S/C14H15NO2/c1-2-12(16)9-7-10-13(9)8-5-3-4-6-11(8)15-14(10)17/h3-6,9-10,13H,2,7H2,1H3,(H,15,17)/t9-,10+,13+/m0/s1. The Bertz CT molecular complexity index is 495. The van der Waals surface area contributed by atoms with Gasteiger partial charge in [-0.15, -0.1) is 0 Å². The first-order valence-electron chi connectivity index (χ1n) is 6.15. The highest BCUT2D eigenvalue weighted by molar-refractivity contribution is 6.00. The molecule has 1 aromatic rings. The highest BCUT2D eigenvalue weighted by Gasteiger charge is 2.51. The van der Waals surface area contributed by atoms with E-state index in [9.17, 15) is 9.59 Å². The van der Waals surface area contributed by atoms with Gasteiger partial charge in [-0.05, 0) is 18.1 Å². The number of carbonyl (C=O) groups excluding carboxylic acids is 2. The number of hydrogen-bond acceptors (Lipinski definition) is 2. The summed E-state index contributed by atoms with van der Waals surface area (Å²) >= 11 is 0. The maximum Gasteiger partial charge on any atom is 0.228 e. The van der Waals surface area contributed by atoms with Crippen LogP contribution in [-0.4, -0.2) is 11.7 Å². The fraction of sp³-hybridized carbons (Fsp3) is 0.429. The maximum atomic E-state index is 11.9. The topological polar surface area (TPSA) is 46.2 Å². The summed E-state index contributed by atoms with van der Waals surface area (Å²) < 4.78 is 0. The van der Waals surface area contributed by atoms with Crippen LogP contribution >= 0.6 is 0 Å². The molecule has 1 heterocycles. The zero-order valence-electron chi connectivity index (χ0n) is 9.77. The minimum atomic E-state index is 0.00500. The Morgan fingerprint density at radius 1 is 1.41 bits per heavy atom. The van der Waals surface area contributed by atoms with Crippen molar-refractivity contribution in [3.63, 3.8) is 0 Å². The molecule has 0 radical (unpaired) electrons. The normalized spacial score (nSPS) is 29.7. The number of fused-ring (bicyclic) bond motifs is 3. The molecule has 3 atom stereocenters. The van der Waals surface area contributed by atoms with Gasteiger partial charge in [-0.1, -0.05) is 25.1 Å². The molecule has 88 valence electrons. The van der Waals surface area contributed by atoms with Crippen LogP contribution in [0.15, 0.2) is 24.3 Å². The van der Waals surface area contributed by atoms with Gasteiger partial charge in [-0.25, -0.2) is 0 Å². The van der Waals surface area contributed by atoms with Crippen molar-refractivity contribution in [2.24, 2.45) is 11.8 Å². The molecule has 3 rings (SSSR count). The Morgan fingerprint density at radius 3 is 2.94 bits per heavy atom. The number of hydrogen-bond donors (Lipinski definition) is 1. The molecule has 3 heteroatoms. The number of amides is 1. The molecule has 0 unspecified atom stereocenters. The molecule has 0 saturated heterocycles. The molecular weight excluding hydrogens is 214 g/mol. The minimum absolute atomic E-state index is 0.00500. The summed E-state index contributed by atoms with van der Waals surface area (Å²) in [5, 5.41) is 2.92. The summed E-state index contributed by atoms with van der Waals surface area (Å²) in [6.45, 7) is 1.89. The molecule has 0 bridgehead atoms. The SMILES string of the molecule is CCC(=O)[C@@H]1C[C@H]2C(=O)Nc3ccccc3[C@H]12. The number of para-hydroxylation sites is 1. The first kappa shape index (κ1) is 10.5. The van der Waals surface area contributed by atoms with Gasteiger partial charge < -0.3 is 5.32 Å². The number of Topliss-reactive ketones (excluding diaryl/α,β-unsaturated/α-hetero) is 1. The van der Waals surface area contributed by atoms with E-state index in [0.29, 0.717) is 6.42 Å². The summed E-state index contributed by atoms with van der Waals surface area (Å²) in [4.78, 5) is 23.7. The van der Waals surface area contributed by atoms with Gasteiger partial charge in [0.25, 0.3) is 0 Å². The van der Waals surface area contributed by atoms with E-state index in [2.05, 4.69) is 5.32 Å². The van der Waals surface area contributed by atoms with E-state index < -0.39 is 0 Å². The second-order valence-corrected chi connectivity index (χ2v) is 4.87. The molecule has 2 aliphatic rings. The predicted octanol–water partition coefficient (Wildman–Crippen LogP) is 2.34. The van der Waals surface area contributed by atoms with Gasteiger partial charge in [0.1, 0.15) is 5.78 Å². The summed E-state index contributed by atoms with van der Waals surface area (Å²) in [6.07, 6.45) is 1.29. The quantitative estimate of drug-likeness (QED) is 0.846. The Balaban J connectivity index is 2.00. The van der Waals surface area contributed by atoms with Crippen molar-refractivity contribution in [1.29, 1.82) is 0 Å². The third-order valence-electron chi connectivity index (χ3n) is 4.05. The Morgan fingerprint density at radius 2 is 2.18 bits per heavy atom. The number of anilines is 1. The third kappa shape index (κ3) is 1.42. The van der Waals surface area contributed by atoms with Gasteiger partial charge in [-0.3, -0.25) is 9.59 Å². The average molecular weight is 229 g/mol. The fourth-order valence-corrected chi connectivity index (χ4v) is 3.08. The highest BCUT2D eigenvalue weighted by Crippen LogP contribution is 2.53. The molecule has 1 saturated carbocycles. The van der Waals surface area contributed by atoms with Crippen LogP contribution in [0.4, 0.5) is 5.69 Å². The molecule has 0 spiro atoms. The molecule has 1 aromatic carbocycles. The Hall–Kier alpha value is -1.64. The van der Waals surface area contributed by atoms with Gasteiger partial charge in [0, 0.05) is 29.9 Å². The molecule has 3 nitrogen and oxygen atoms in total. The van der Waals surface area contributed by atoms with E-state index in [1.807, 2.05) is 31.2 Å². The minimum Gasteiger partial charge on any atom is -0.326 e. The second-order valence-electron chi connectivity index (χ2n) is 4.87. The highest BCUT2D eigenvalue weighted by atomic mass is 16.2. The maximum absolute atomic E-state index is 11.9. The summed E-state index contributed by atoms with van der Waals surface area (Å²) in [5.41, 5.74) is 2.02. The van der Waals surface area contributed by atoms with Gasteiger partial charge in [-0.2, -0.15) is 0 Å². The number of rotatable bonds is 2. The van der Waals surface area contributed by atoms with E-state index in [-0.39, 0.29) is 29.4 Å². The molecule has 1 aliphatic heterocycles. The van der Waals surface area contributed by atoms with Crippen LogP contribution in [0.25, 0.3) is 0 Å². The van der Waals surface area contributed by atoms with E-state index in [4.69, 9.17) is 0 Å².